The van der Waals surface area contributed by atoms with Crippen LogP contribution in [-0.2, 0) is 6.54 Å². The second kappa shape index (κ2) is 7.23. The molecule has 0 unspecified atom stereocenters. The molecular formula is C15H20ClFN2S. The molecule has 0 amide bonds. The molecule has 1 aliphatic carbocycles. The average molecular weight is 315 g/mol. The Kier molecular flexibility index (Phi) is 5.61. The molecule has 1 aromatic rings. The number of nitrogens with one attached hydrogen (secondary N) is 1. The molecule has 1 saturated carbocycles. The van der Waals surface area contributed by atoms with E-state index in [4.69, 9.17) is 23.8 Å². The van der Waals surface area contributed by atoms with Crippen molar-refractivity contribution in [1.29, 1.82) is 0 Å². The van der Waals surface area contributed by atoms with Crippen molar-refractivity contribution in [3.8, 4) is 0 Å². The Morgan fingerprint density at radius 3 is 2.75 bits per heavy atom. The maximum atomic E-state index is 13.8. The lowest BCUT2D eigenvalue weighted by atomic mass is 9.96. The maximum absolute atomic E-state index is 13.8. The second-order valence-corrected chi connectivity index (χ2v) is 6.13. The standard InChI is InChI=1S/C15H20ClFN2S/c1-19(10-12-13(16)8-5-9-14(12)17)15(20)18-11-6-3-2-4-7-11/h5,8-9,11H,2-4,6-7,10H2,1H3,(H,18,20). The van der Waals surface area contributed by atoms with Crippen LogP contribution >= 0.6 is 23.8 Å². The number of halogens is 2. The van der Waals surface area contributed by atoms with Crippen LogP contribution in [0, 0.1) is 5.82 Å². The predicted molar refractivity (Wildman–Crippen MR) is 85.5 cm³/mol. The highest BCUT2D eigenvalue weighted by atomic mass is 35.5. The van der Waals surface area contributed by atoms with Crippen LogP contribution in [0.2, 0.25) is 5.02 Å². The van der Waals surface area contributed by atoms with Crippen molar-refractivity contribution >= 4 is 28.9 Å². The molecule has 1 fully saturated rings. The molecule has 1 aliphatic rings. The monoisotopic (exact) mass is 314 g/mol. The van der Waals surface area contributed by atoms with Crippen LogP contribution in [-0.4, -0.2) is 23.1 Å². The summed E-state index contributed by atoms with van der Waals surface area (Å²) in [6, 6.07) is 5.19. The first kappa shape index (κ1) is 15.5. The molecule has 5 heteroatoms. The third-order valence-corrected chi connectivity index (χ3v) is 4.52. The van der Waals surface area contributed by atoms with Gasteiger partial charge in [-0.3, -0.25) is 0 Å². The van der Waals surface area contributed by atoms with Gasteiger partial charge in [0, 0.05) is 30.2 Å². The van der Waals surface area contributed by atoms with Crippen molar-refractivity contribution in [1.82, 2.24) is 10.2 Å². The van der Waals surface area contributed by atoms with Crippen molar-refractivity contribution in [3.05, 3.63) is 34.6 Å². The van der Waals surface area contributed by atoms with E-state index >= 15 is 0 Å². The minimum absolute atomic E-state index is 0.287. The molecule has 1 N–H and O–H groups in total. The van der Waals surface area contributed by atoms with E-state index in [1.165, 1.54) is 25.3 Å². The van der Waals surface area contributed by atoms with Crippen molar-refractivity contribution in [2.24, 2.45) is 0 Å². The topological polar surface area (TPSA) is 15.3 Å². The van der Waals surface area contributed by atoms with E-state index in [-0.39, 0.29) is 5.82 Å². The first-order valence-corrected chi connectivity index (χ1v) is 7.81. The predicted octanol–water partition coefficient (Wildman–Crippen LogP) is 4.12. The summed E-state index contributed by atoms with van der Waals surface area (Å²) in [4.78, 5) is 1.84. The second-order valence-electron chi connectivity index (χ2n) is 5.34. The van der Waals surface area contributed by atoms with E-state index in [0.29, 0.717) is 28.3 Å². The summed E-state index contributed by atoms with van der Waals surface area (Å²) in [6.07, 6.45) is 6.14. The summed E-state index contributed by atoms with van der Waals surface area (Å²) in [5.74, 6) is -0.287. The van der Waals surface area contributed by atoms with Gasteiger partial charge in [-0.1, -0.05) is 36.9 Å². The zero-order valence-corrected chi connectivity index (χ0v) is 13.2. The Balaban J connectivity index is 1.93. The third kappa shape index (κ3) is 4.06. The molecule has 0 heterocycles. The minimum Gasteiger partial charge on any atom is -0.360 e. The molecular weight excluding hydrogens is 295 g/mol. The molecule has 20 heavy (non-hydrogen) atoms. The summed E-state index contributed by atoms with van der Waals surface area (Å²) in [6.45, 7) is 0.379. The molecule has 0 aromatic heterocycles. The molecule has 2 nitrogen and oxygen atoms in total. The number of thiocarbonyl (C=S) groups is 1. The Bertz CT molecular complexity index is 455. The van der Waals surface area contributed by atoms with E-state index in [1.807, 2.05) is 11.9 Å². The fourth-order valence-corrected chi connectivity index (χ4v) is 2.98. The van der Waals surface area contributed by atoms with Gasteiger partial charge in [0.25, 0.3) is 0 Å². The van der Waals surface area contributed by atoms with Crippen LogP contribution in [0.1, 0.15) is 37.7 Å². The van der Waals surface area contributed by atoms with Crippen LogP contribution in [0.3, 0.4) is 0 Å². The number of hydrogen-bond acceptors (Lipinski definition) is 1. The summed E-state index contributed by atoms with van der Waals surface area (Å²) < 4.78 is 13.8. The van der Waals surface area contributed by atoms with Crippen molar-refractivity contribution in [2.75, 3.05) is 7.05 Å². The van der Waals surface area contributed by atoms with E-state index in [1.54, 1.807) is 12.1 Å². The first-order valence-electron chi connectivity index (χ1n) is 7.02. The van der Waals surface area contributed by atoms with Gasteiger partial charge < -0.3 is 10.2 Å². The SMILES string of the molecule is CN(Cc1c(F)cccc1Cl)C(=S)NC1CCCCC1. The fourth-order valence-electron chi connectivity index (χ4n) is 2.52. The van der Waals surface area contributed by atoms with E-state index in [0.717, 1.165) is 12.8 Å². The lowest BCUT2D eigenvalue weighted by Crippen LogP contribution is -2.43. The van der Waals surface area contributed by atoms with Gasteiger partial charge in [0.05, 0.1) is 0 Å². The van der Waals surface area contributed by atoms with Gasteiger partial charge in [0.1, 0.15) is 5.82 Å². The smallest absolute Gasteiger partial charge is 0.169 e. The van der Waals surface area contributed by atoms with Crippen LogP contribution < -0.4 is 5.32 Å². The minimum atomic E-state index is -0.287. The van der Waals surface area contributed by atoms with Gasteiger partial charge in [-0.2, -0.15) is 0 Å². The van der Waals surface area contributed by atoms with Crippen molar-refractivity contribution in [3.63, 3.8) is 0 Å². The molecule has 0 spiro atoms. The molecule has 0 saturated heterocycles. The Morgan fingerprint density at radius 1 is 1.40 bits per heavy atom. The van der Waals surface area contributed by atoms with E-state index in [2.05, 4.69) is 5.32 Å². The molecule has 110 valence electrons. The quantitative estimate of drug-likeness (QED) is 0.845. The third-order valence-electron chi connectivity index (χ3n) is 3.74. The molecule has 2 rings (SSSR count). The summed E-state index contributed by atoms with van der Waals surface area (Å²) in [5, 5.41) is 4.47. The molecule has 0 atom stereocenters. The van der Waals surface area contributed by atoms with Crippen LogP contribution in [0.4, 0.5) is 4.39 Å². The van der Waals surface area contributed by atoms with Gasteiger partial charge in [-0.15, -0.1) is 0 Å². The van der Waals surface area contributed by atoms with Gasteiger partial charge in [-0.05, 0) is 37.2 Å². The zero-order chi connectivity index (χ0) is 14.5. The Labute approximate surface area is 130 Å². The molecule has 1 aromatic carbocycles. The largest absolute Gasteiger partial charge is 0.360 e. The summed E-state index contributed by atoms with van der Waals surface area (Å²) >= 11 is 11.4. The Morgan fingerprint density at radius 2 is 2.10 bits per heavy atom. The summed E-state index contributed by atoms with van der Waals surface area (Å²) in [7, 11) is 1.86. The highest BCUT2D eigenvalue weighted by molar-refractivity contribution is 7.80. The van der Waals surface area contributed by atoms with Gasteiger partial charge in [0.2, 0.25) is 0 Å². The maximum Gasteiger partial charge on any atom is 0.169 e. The Hall–Kier alpha value is -0.870. The van der Waals surface area contributed by atoms with E-state index < -0.39 is 0 Å². The van der Waals surface area contributed by atoms with Gasteiger partial charge >= 0.3 is 0 Å². The number of hydrogen-bond donors (Lipinski definition) is 1. The zero-order valence-electron chi connectivity index (χ0n) is 11.7. The first-order chi connectivity index (χ1) is 9.58. The molecule has 0 aliphatic heterocycles. The molecule has 0 radical (unpaired) electrons. The average Bonchev–Trinajstić information content (AvgIpc) is 2.44. The highest BCUT2D eigenvalue weighted by Crippen LogP contribution is 2.21. The highest BCUT2D eigenvalue weighted by Gasteiger charge is 2.17. The molecule has 0 bridgehead atoms. The van der Waals surface area contributed by atoms with Crippen LogP contribution in [0.5, 0.6) is 0 Å². The van der Waals surface area contributed by atoms with Crippen molar-refractivity contribution < 1.29 is 4.39 Å². The van der Waals surface area contributed by atoms with Gasteiger partial charge in [0.15, 0.2) is 5.11 Å². The fraction of sp³-hybridized carbons (Fsp3) is 0.533. The number of nitrogens with zero attached hydrogens (tertiary/aromatic N) is 1. The normalized spacial score (nSPS) is 15.9. The number of rotatable bonds is 3. The van der Waals surface area contributed by atoms with Crippen LogP contribution in [0.25, 0.3) is 0 Å². The summed E-state index contributed by atoms with van der Waals surface area (Å²) in [5.41, 5.74) is 0.490. The number of benzene rings is 1. The van der Waals surface area contributed by atoms with E-state index in [9.17, 15) is 4.39 Å². The lowest BCUT2D eigenvalue weighted by Gasteiger charge is -2.28. The van der Waals surface area contributed by atoms with Gasteiger partial charge in [-0.25, -0.2) is 4.39 Å². The lowest BCUT2D eigenvalue weighted by molar-refractivity contribution is 0.390. The van der Waals surface area contributed by atoms with Crippen LogP contribution in [0.15, 0.2) is 18.2 Å². The van der Waals surface area contributed by atoms with Crippen molar-refractivity contribution in [2.45, 2.75) is 44.7 Å².